The molecule has 0 aliphatic heterocycles. The van der Waals surface area contributed by atoms with E-state index in [0.717, 1.165) is 30.8 Å². The number of nitrogens with zero attached hydrogens (tertiary/aromatic N) is 1. The molecule has 1 amide bonds. The first kappa shape index (κ1) is 19.8. The zero-order valence-electron chi connectivity index (χ0n) is 16.4. The van der Waals surface area contributed by atoms with Gasteiger partial charge in [-0.25, -0.2) is 0 Å². The SMILES string of the molecule is CC(C)[C@@H]1CC[C@@H](C)C[C@H]1C(=O)Nc1ccc(OCCN(C)C)cc1. The zero-order valence-corrected chi connectivity index (χ0v) is 16.4. The molecule has 0 spiro atoms. The van der Waals surface area contributed by atoms with Gasteiger partial charge in [-0.1, -0.05) is 27.2 Å². The predicted molar refractivity (Wildman–Crippen MR) is 104 cm³/mol. The molecule has 0 unspecified atom stereocenters. The fourth-order valence-electron chi connectivity index (χ4n) is 3.72. The molecule has 1 saturated carbocycles. The molecule has 0 saturated heterocycles. The fourth-order valence-corrected chi connectivity index (χ4v) is 3.72. The highest BCUT2D eigenvalue weighted by atomic mass is 16.5. The molecule has 0 bridgehead atoms. The third-order valence-electron chi connectivity index (χ3n) is 5.29. The van der Waals surface area contributed by atoms with E-state index < -0.39 is 0 Å². The molecule has 1 aliphatic carbocycles. The molecular formula is C21H34N2O2. The van der Waals surface area contributed by atoms with Gasteiger partial charge in [0.1, 0.15) is 12.4 Å². The molecule has 1 aromatic carbocycles. The topological polar surface area (TPSA) is 41.6 Å². The van der Waals surface area contributed by atoms with Crippen molar-refractivity contribution in [3.63, 3.8) is 0 Å². The van der Waals surface area contributed by atoms with Gasteiger partial charge >= 0.3 is 0 Å². The summed E-state index contributed by atoms with van der Waals surface area (Å²) in [4.78, 5) is 14.9. The van der Waals surface area contributed by atoms with Crippen LogP contribution in [0, 0.1) is 23.7 Å². The molecule has 1 N–H and O–H groups in total. The summed E-state index contributed by atoms with van der Waals surface area (Å²) in [7, 11) is 4.05. The normalized spacial score (nSPS) is 23.7. The van der Waals surface area contributed by atoms with Crippen LogP contribution < -0.4 is 10.1 Å². The van der Waals surface area contributed by atoms with Gasteiger partial charge in [0.05, 0.1) is 0 Å². The maximum absolute atomic E-state index is 12.8. The molecular weight excluding hydrogens is 312 g/mol. The Kier molecular flexibility index (Phi) is 7.30. The number of amides is 1. The highest BCUT2D eigenvalue weighted by Gasteiger charge is 2.35. The second-order valence-electron chi connectivity index (χ2n) is 8.10. The fraction of sp³-hybridized carbons (Fsp3) is 0.667. The summed E-state index contributed by atoms with van der Waals surface area (Å²) in [5.74, 6) is 2.82. The molecule has 140 valence electrons. The minimum atomic E-state index is 0.125. The number of benzene rings is 1. The Morgan fingerprint density at radius 3 is 2.52 bits per heavy atom. The van der Waals surface area contributed by atoms with Crippen molar-refractivity contribution in [1.82, 2.24) is 4.90 Å². The molecule has 1 aromatic rings. The summed E-state index contributed by atoms with van der Waals surface area (Å²) in [6.07, 6.45) is 3.40. The third kappa shape index (κ3) is 6.03. The van der Waals surface area contributed by atoms with Gasteiger partial charge in [-0.05, 0) is 69.0 Å². The Hall–Kier alpha value is -1.55. The molecule has 0 radical (unpaired) electrons. The van der Waals surface area contributed by atoms with Crippen molar-refractivity contribution in [1.29, 1.82) is 0 Å². The Balaban J connectivity index is 1.92. The minimum Gasteiger partial charge on any atom is -0.492 e. The maximum atomic E-state index is 12.8. The van der Waals surface area contributed by atoms with Crippen LogP contribution in [0.3, 0.4) is 0 Å². The first-order valence-corrected chi connectivity index (χ1v) is 9.55. The van der Waals surface area contributed by atoms with Crippen LogP contribution in [0.5, 0.6) is 5.75 Å². The average molecular weight is 347 g/mol. The molecule has 0 aromatic heterocycles. The molecule has 4 nitrogen and oxygen atoms in total. The lowest BCUT2D eigenvalue weighted by Gasteiger charge is -2.36. The van der Waals surface area contributed by atoms with Crippen LogP contribution >= 0.6 is 0 Å². The third-order valence-corrected chi connectivity index (χ3v) is 5.29. The first-order chi connectivity index (χ1) is 11.9. The minimum absolute atomic E-state index is 0.125. The van der Waals surface area contributed by atoms with E-state index >= 15 is 0 Å². The highest BCUT2D eigenvalue weighted by Crippen LogP contribution is 2.38. The lowest BCUT2D eigenvalue weighted by atomic mass is 9.70. The van der Waals surface area contributed by atoms with Crippen LogP contribution in [0.2, 0.25) is 0 Å². The van der Waals surface area contributed by atoms with Gasteiger partial charge in [-0.3, -0.25) is 4.79 Å². The van der Waals surface area contributed by atoms with Gasteiger partial charge in [0.25, 0.3) is 0 Å². The van der Waals surface area contributed by atoms with Crippen LogP contribution in [0.1, 0.15) is 40.0 Å². The predicted octanol–water partition coefficient (Wildman–Crippen LogP) is 4.27. The summed E-state index contributed by atoms with van der Waals surface area (Å²) in [6, 6.07) is 7.71. The number of ether oxygens (including phenoxy) is 1. The quantitative estimate of drug-likeness (QED) is 0.801. The van der Waals surface area contributed by atoms with Crippen LogP contribution in [0.25, 0.3) is 0 Å². The monoisotopic (exact) mass is 346 g/mol. The second-order valence-corrected chi connectivity index (χ2v) is 8.10. The van der Waals surface area contributed by atoms with Crippen molar-refractivity contribution in [2.75, 3.05) is 32.6 Å². The van der Waals surface area contributed by atoms with Crippen molar-refractivity contribution in [2.45, 2.75) is 40.0 Å². The van der Waals surface area contributed by atoms with E-state index in [-0.39, 0.29) is 11.8 Å². The van der Waals surface area contributed by atoms with E-state index in [0.29, 0.717) is 24.4 Å². The number of carbonyl (C=O) groups is 1. The number of anilines is 1. The maximum Gasteiger partial charge on any atom is 0.227 e. The van der Waals surface area contributed by atoms with Crippen LogP contribution in [-0.2, 0) is 4.79 Å². The average Bonchev–Trinajstić information content (AvgIpc) is 2.55. The van der Waals surface area contributed by atoms with E-state index in [1.54, 1.807) is 0 Å². The highest BCUT2D eigenvalue weighted by molar-refractivity contribution is 5.92. The van der Waals surface area contributed by atoms with Crippen LogP contribution in [-0.4, -0.2) is 38.1 Å². The molecule has 1 aliphatic rings. The summed E-state index contributed by atoms with van der Waals surface area (Å²) < 4.78 is 5.70. The Labute approximate surface area is 152 Å². The van der Waals surface area contributed by atoms with Gasteiger partial charge in [-0.15, -0.1) is 0 Å². The number of carbonyl (C=O) groups excluding carboxylic acids is 1. The number of hydrogen-bond acceptors (Lipinski definition) is 3. The number of nitrogens with one attached hydrogen (secondary N) is 1. The Morgan fingerprint density at radius 2 is 1.92 bits per heavy atom. The number of likely N-dealkylation sites (N-methyl/N-ethyl adjacent to an activating group) is 1. The van der Waals surface area contributed by atoms with Crippen LogP contribution in [0.4, 0.5) is 5.69 Å². The van der Waals surface area contributed by atoms with Gasteiger partial charge in [0.2, 0.25) is 5.91 Å². The molecule has 25 heavy (non-hydrogen) atoms. The molecule has 1 fully saturated rings. The van der Waals surface area contributed by atoms with Crippen molar-refractivity contribution in [3.05, 3.63) is 24.3 Å². The standard InChI is InChI=1S/C21H34N2O2/c1-15(2)19-11-6-16(3)14-20(19)21(24)22-17-7-9-18(10-8-17)25-13-12-23(4)5/h7-10,15-16,19-20H,6,11-14H2,1-5H3,(H,22,24)/t16-,19+,20-/m1/s1. The number of hydrogen-bond donors (Lipinski definition) is 1. The van der Waals surface area contributed by atoms with Crippen LogP contribution in [0.15, 0.2) is 24.3 Å². The second kappa shape index (κ2) is 9.23. The lowest BCUT2D eigenvalue weighted by molar-refractivity contribution is -0.123. The molecule has 4 heteroatoms. The Morgan fingerprint density at radius 1 is 1.24 bits per heavy atom. The van der Waals surface area contributed by atoms with Crippen molar-refractivity contribution < 1.29 is 9.53 Å². The summed E-state index contributed by atoms with van der Waals surface area (Å²) >= 11 is 0. The molecule has 3 atom stereocenters. The van der Waals surface area contributed by atoms with Gasteiger partial charge in [0.15, 0.2) is 0 Å². The van der Waals surface area contributed by atoms with Crippen molar-refractivity contribution >= 4 is 11.6 Å². The van der Waals surface area contributed by atoms with Crippen molar-refractivity contribution in [3.8, 4) is 5.75 Å². The molecule has 0 heterocycles. The first-order valence-electron chi connectivity index (χ1n) is 9.55. The van der Waals surface area contributed by atoms with E-state index in [2.05, 4.69) is 31.0 Å². The summed E-state index contributed by atoms with van der Waals surface area (Å²) in [5.41, 5.74) is 0.852. The van der Waals surface area contributed by atoms with E-state index in [4.69, 9.17) is 4.74 Å². The lowest BCUT2D eigenvalue weighted by Crippen LogP contribution is -2.36. The largest absolute Gasteiger partial charge is 0.492 e. The van der Waals surface area contributed by atoms with E-state index in [1.165, 1.54) is 6.42 Å². The van der Waals surface area contributed by atoms with Gasteiger partial charge in [0, 0.05) is 18.2 Å². The van der Waals surface area contributed by atoms with Gasteiger partial charge < -0.3 is 15.0 Å². The van der Waals surface area contributed by atoms with E-state index in [9.17, 15) is 4.79 Å². The van der Waals surface area contributed by atoms with Crippen molar-refractivity contribution in [2.24, 2.45) is 23.7 Å². The summed E-state index contributed by atoms with van der Waals surface area (Å²) in [6.45, 7) is 8.28. The molecule has 2 rings (SSSR count). The zero-order chi connectivity index (χ0) is 18.4. The number of rotatable bonds is 7. The Bertz CT molecular complexity index is 539. The van der Waals surface area contributed by atoms with E-state index in [1.807, 2.05) is 38.4 Å². The summed E-state index contributed by atoms with van der Waals surface area (Å²) in [5, 5.41) is 3.12. The smallest absolute Gasteiger partial charge is 0.227 e. The van der Waals surface area contributed by atoms with Gasteiger partial charge in [-0.2, -0.15) is 0 Å².